The summed E-state index contributed by atoms with van der Waals surface area (Å²) in [6, 6.07) is 15.9. The van der Waals surface area contributed by atoms with Crippen molar-refractivity contribution in [2.45, 2.75) is 18.9 Å². The Labute approximate surface area is 151 Å². The number of aliphatic carboxylic acids is 1. The predicted octanol–water partition coefficient (Wildman–Crippen LogP) is 3.01. The summed E-state index contributed by atoms with van der Waals surface area (Å²) >= 11 is 0. The lowest BCUT2D eigenvalue weighted by Crippen LogP contribution is -2.37. The van der Waals surface area contributed by atoms with E-state index < -0.39 is 18.7 Å². The van der Waals surface area contributed by atoms with Crippen molar-refractivity contribution in [3.05, 3.63) is 59.7 Å². The third kappa shape index (κ3) is 4.03. The van der Waals surface area contributed by atoms with Gasteiger partial charge in [0, 0.05) is 5.92 Å². The van der Waals surface area contributed by atoms with Crippen molar-refractivity contribution in [1.82, 2.24) is 5.32 Å². The minimum atomic E-state index is -1.04. The lowest BCUT2D eigenvalue weighted by Gasteiger charge is -2.17. The van der Waals surface area contributed by atoms with Crippen molar-refractivity contribution in [1.29, 1.82) is 0 Å². The first-order chi connectivity index (χ1) is 12.6. The number of carboxylic acid groups (broad SMARTS) is 1. The summed E-state index contributed by atoms with van der Waals surface area (Å²) in [4.78, 5) is 22.4. The number of amides is 1. The van der Waals surface area contributed by atoms with E-state index in [-0.39, 0.29) is 25.2 Å². The Morgan fingerprint density at radius 1 is 1.08 bits per heavy atom. The van der Waals surface area contributed by atoms with Crippen LogP contribution in [0.3, 0.4) is 0 Å². The first-order valence-electron chi connectivity index (χ1n) is 8.47. The Morgan fingerprint density at radius 3 is 2.23 bits per heavy atom. The number of alkyl carbamates (subject to hydrolysis) is 1. The number of benzene rings is 2. The number of carbonyl (C=O) groups excluding carboxylic acids is 1. The van der Waals surface area contributed by atoms with E-state index in [1.165, 1.54) is 11.1 Å². The number of ether oxygens (including phenoxy) is 2. The fraction of sp³-hybridized carbons (Fsp3) is 0.300. The van der Waals surface area contributed by atoms with Gasteiger partial charge >= 0.3 is 12.1 Å². The highest BCUT2D eigenvalue weighted by atomic mass is 16.5. The van der Waals surface area contributed by atoms with Crippen LogP contribution in [0.2, 0.25) is 0 Å². The Kier molecular flexibility index (Phi) is 5.53. The molecule has 26 heavy (non-hydrogen) atoms. The normalized spacial score (nSPS) is 13.6. The van der Waals surface area contributed by atoms with Crippen LogP contribution in [0.5, 0.6) is 0 Å². The highest BCUT2D eigenvalue weighted by Gasteiger charge is 2.29. The molecule has 2 aromatic rings. The zero-order chi connectivity index (χ0) is 18.5. The van der Waals surface area contributed by atoms with Gasteiger partial charge in [-0.25, -0.2) is 9.59 Å². The summed E-state index contributed by atoms with van der Waals surface area (Å²) in [5.41, 5.74) is 4.65. The van der Waals surface area contributed by atoms with Gasteiger partial charge in [-0.2, -0.15) is 0 Å². The third-order valence-corrected chi connectivity index (χ3v) is 4.30. The van der Waals surface area contributed by atoms with E-state index >= 15 is 0 Å². The number of rotatable bonds is 7. The molecule has 136 valence electrons. The molecule has 1 aliphatic carbocycles. The highest BCUT2D eigenvalue weighted by Crippen LogP contribution is 2.44. The molecule has 2 aromatic carbocycles. The van der Waals surface area contributed by atoms with Gasteiger partial charge in [0.05, 0.1) is 12.6 Å². The molecule has 0 unspecified atom stereocenters. The highest BCUT2D eigenvalue weighted by molar-refractivity contribution is 5.79. The Balaban J connectivity index is 1.58. The van der Waals surface area contributed by atoms with Gasteiger partial charge in [0.25, 0.3) is 0 Å². The molecule has 0 saturated heterocycles. The van der Waals surface area contributed by atoms with E-state index in [0.29, 0.717) is 0 Å². The lowest BCUT2D eigenvalue weighted by molar-refractivity contribution is -0.142. The molecular weight excluding hydrogens is 334 g/mol. The largest absolute Gasteiger partial charge is 0.480 e. The Hall–Kier alpha value is -2.86. The Morgan fingerprint density at radius 2 is 1.65 bits per heavy atom. The zero-order valence-corrected chi connectivity index (χ0v) is 14.5. The van der Waals surface area contributed by atoms with Crippen molar-refractivity contribution < 1.29 is 24.2 Å². The summed E-state index contributed by atoms with van der Waals surface area (Å²) < 4.78 is 10.4. The van der Waals surface area contributed by atoms with Crippen molar-refractivity contribution in [3.63, 3.8) is 0 Å². The van der Waals surface area contributed by atoms with Gasteiger partial charge in [-0.1, -0.05) is 48.5 Å². The number of carboxylic acids is 1. The fourth-order valence-electron chi connectivity index (χ4n) is 3.21. The van der Waals surface area contributed by atoms with Gasteiger partial charge in [-0.05, 0) is 29.2 Å². The van der Waals surface area contributed by atoms with Crippen molar-refractivity contribution >= 4 is 12.1 Å². The van der Waals surface area contributed by atoms with Crippen molar-refractivity contribution in [2.24, 2.45) is 0 Å². The van der Waals surface area contributed by atoms with Crippen LogP contribution in [0.4, 0.5) is 4.79 Å². The number of fused-ring (bicyclic) bond motifs is 3. The average Bonchev–Trinajstić information content (AvgIpc) is 2.93. The smallest absolute Gasteiger partial charge is 0.407 e. The molecule has 1 aliphatic rings. The molecule has 1 amide bonds. The molecule has 2 N–H and O–H groups in total. The summed E-state index contributed by atoms with van der Waals surface area (Å²) in [6.45, 7) is 1.68. The van der Waals surface area contributed by atoms with Crippen LogP contribution in [-0.4, -0.2) is 43.0 Å². The number of hydrogen-bond acceptors (Lipinski definition) is 4. The fourth-order valence-corrected chi connectivity index (χ4v) is 3.21. The molecule has 0 radical (unpaired) electrons. The average molecular weight is 355 g/mol. The maximum atomic E-state index is 12.0. The van der Waals surface area contributed by atoms with E-state index in [1.54, 1.807) is 6.92 Å². The maximum Gasteiger partial charge on any atom is 0.407 e. The molecule has 0 saturated carbocycles. The van der Waals surface area contributed by atoms with E-state index in [2.05, 4.69) is 29.6 Å². The molecule has 0 fully saturated rings. The topological polar surface area (TPSA) is 84.9 Å². The second kappa shape index (κ2) is 8.01. The molecule has 0 aliphatic heterocycles. The van der Waals surface area contributed by atoms with Gasteiger partial charge < -0.3 is 19.9 Å². The molecule has 0 aromatic heterocycles. The quantitative estimate of drug-likeness (QED) is 0.797. The minimum Gasteiger partial charge on any atom is -0.480 e. The SMILES string of the molecule is C[C@@H](COCC(=O)O)NC(=O)OCC1c2ccccc2-c2ccccc21. The van der Waals surface area contributed by atoms with Crippen LogP contribution in [-0.2, 0) is 14.3 Å². The van der Waals surface area contributed by atoms with Gasteiger partial charge in [0.15, 0.2) is 0 Å². The van der Waals surface area contributed by atoms with Crippen LogP contribution < -0.4 is 5.32 Å². The number of hydrogen-bond donors (Lipinski definition) is 2. The van der Waals surface area contributed by atoms with Gasteiger partial charge in [0.1, 0.15) is 13.2 Å². The monoisotopic (exact) mass is 355 g/mol. The van der Waals surface area contributed by atoms with Gasteiger partial charge in [0.2, 0.25) is 0 Å². The van der Waals surface area contributed by atoms with Crippen molar-refractivity contribution in [3.8, 4) is 11.1 Å². The number of nitrogens with one attached hydrogen (secondary N) is 1. The predicted molar refractivity (Wildman–Crippen MR) is 96.1 cm³/mol. The van der Waals surface area contributed by atoms with Crippen LogP contribution in [0.25, 0.3) is 11.1 Å². The molecule has 0 spiro atoms. The molecule has 0 bridgehead atoms. The van der Waals surface area contributed by atoms with E-state index in [0.717, 1.165) is 11.1 Å². The number of carbonyl (C=O) groups is 2. The minimum absolute atomic E-state index is 0.00622. The molecule has 0 heterocycles. The maximum absolute atomic E-state index is 12.0. The molecule has 1 atom stereocenters. The molecule has 6 nitrogen and oxygen atoms in total. The summed E-state index contributed by atoms with van der Waals surface area (Å²) in [6.07, 6.45) is -0.543. The lowest BCUT2D eigenvalue weighted by atomic mass is 9.98. The van der Waals surface area contributed by atoms with Crippen LogP contribution in [0.1, 0.15) is 24.0 Å². The van der Waals surface area contributed by atoms with Crippen LogP contribution >= 0.6 is 0 Å². The van der Waals surface area contributed by atoms with Crippen LogP contribution in [0, 0.1) is 0 Å². The molecular formula is C20H21NO5. The first kappa shape index (κ1) is 17.9. The third-order valence-electron chi connectivity index (χ3n) is 4.30. The molecule has 3 rings (SSSR count). The van der Waals surface area contributed by atoms with Crippen LogP contribution in [0.15, 0.2) is 48.5 Å². The summed E-state index contributed by atoms with van der Waals surface area (Å²) in [5, 5.41) is 11.2. The van der Waals surface area contributed by atoms with E-state index in [9.17, 15) is 9.59 Å². The second-order valence-corrected chi connectivity index (χ2v) is 6.28. The van der Waals surface area contributed by atoms with Gasteiger partial charge in [-0.15, -0.1) is 0 Å². The summed E-state index contributed by atoms with van der Waals surface area (Å²) in [7, 11) is 0. The van der Waals surface area contributed by atoms with E-state index in [4.69, 9.17) is 14.6 Å². The summed E-state index contributed by atoms with van der Waals surface area (Å²) in [5.74, 6) is -1.04. The zero-order valence-electron chi connectivity index (χ0n) is 14.5. The van der Waals surface area contributed by atoms with E-state index in [1.807, 2.05) is 24.3 Å². The molecule has 6 heteroatoms. The Bertz CT molecular complexity index is 759. The first-order valence-corrected chi connectivity index (χ1v) is 8.47. The van der Waals surface area contributed by atoms with Crippen molar-refractivity contribution in [2.75, 3.05) is 19.8 Å². The van der Waals surface area contributed by atoms with Gasteiger partial charge in [-0.3, -0.25) is 0 Å². The second-order valence-electron chi connectivity index (χ2n) is 6.28. The standard InChI is InChI=1S/C20H21NO5/c1-13(10-25-12-19(22)23)21-20(24)26-11-18-16-8-4-2-6-14(16)15-7-3-5-9-17(15)18/h2-9,13,18H,10-12H2,1H3,(H,21,24)(H,22,23)/t13-/m0/s1.